The average molecular weight is 313 g/mol. The van der Waals surface area contributed by atoms with E-state index in [1.54, 1.807) is 0 Å². The molecule has 5 heteroatoms. The van der Waals surface area contributed by atoms with Gasteiger partial charge in [0, 0.05) is 6.04 Å². The number of imide groups is 1. The number of hydrogen-bond acceptors (Lipinski definition) is 2. The summed E-state index contributed by atoms with van der Waals surface area (Å²) in [5.74, 6) is 0.110. The van der Waals surface area contributed by atoms with Crippen LogP contribution in [0.1, 0.15) is 55.4 Å². The Morgan fingerprint density at radius 3 is 1.71 bits per heavy atom. The quantitative estimate of drug-likeness (QED) is 0.548. The van der Waals surface area contributed by atoms with Crippen molar-refractivity contribution in [2.75, 3.05) is 0 Å². The second-order valence-electron chi connectivity index (χ2n) is 6.97. The average Bonchev–Trinajstić information content (AvgIpc) is 2.63. The number of hydrogen-bond donors (Lipinski definition) is 0. The third-order valence-corrected chi connectivity index (χ3v) is 11.2. The molecule has 1 aliphatic heterocycles. The first-order valence-electron chi connectivity index (χ1n) is 8.31. The molecule has 0 bridgehead atoms. The molecule has 0 aromatic carbocycles. The topological polar surface area (TPSA) is 40.6 Å². The number of carbonyl (C=O) groups is 2. The lowest BCUT2D eigenvalue weighted by molar-refractivity contribution is -0.134. The van der Waals surface area contributed by atoms with Gasteiger partial charge in [0.15, 0.2) is 8.24 Å². The van der Waals surface area contributed by atoms with Crippen LogP contribution in [0.5, 0.6) is 0 Å². The van der Waals surface area contributed by atoms with Crippen LogP contribution < -0.4 is 0 Å². The number of rotatable bonds is 6. The van der Waals surface area contributed by atoms with Crippen LogP contribution in [0.4, 0.5) is 4.79 Å². The van der Waals surface area contributed by atoms with Crippen molar-refractivity contribution in [1.29, 1.82) is 0 Å². The zero-order chi connectivity index (χ0) is 16.6. The Labute approximate surface area is 131 Å². The molecule has 1 saturated heterocycles. The molecule has 4 nitrogen and oxygen atoms in total. The summed E-state index contributed by atoms with van der Waals surface area (Å²) in [6.45, 7) is 16.5. The van der Waals surface area contributed by atoms with Gasteiger partial charge in [0.2, 0.25) is 0 Å². The summed E-state index contributed by atoms with van der Waals surface area (Å²) in [6, 6.07) is 2.89. The molecule has 0 aliphatic carbocycles. The maximum absolute atomic E-state index is 13.1. The minimum atomic E-state index is -1.95. The first-order chi connectivity index (χ1) is 9.63. The van der Waals surface area contributed by atoms with Gasteiger partial charge in [-0.3, -0.25) is 9.69 Å². The van der Waals surface area contributed by atoms with E-state index in [1.807, 2.05) is 25.3 Å². The van der Waals surface area contributed by atoms with Gasteiger partial charge in [-0.05, 0) is 44.8 Å². The van der Waals surface area contributed by atoms with Gasteiger partial charge in [-0.25, -0.2) is 4.79 Å². The molecule has 1 atom stereocenters. The lowest BCUT2D eigenvalue weighted by Gasteiger charge is -2.47. The Morgan fingerprint density at radius 2 is 1.43 bits per heavy atom. The fraction of sp³-hybridized carbons (Fsp3) is 0.875. The highest BCUT2D eigenvalue weighted by Crippen LogP contribution is 2.42. The monoisotopic (exact) mass is 312 g/mol. The molecular weight excluding hydrogens is 280 g/mol. The third kappa shape index (κ3) is 2.43. The maximum atomic E-state index is 13.1. The van der Waals surface area contributed by atoms with Crippen LogP contribution in [0.2, 0.25) is 18.1 Å². The Bertz CT molecular complexity index is 410. The molecule has 1 aliphatic rings. The van der Waals surface area contributed by atoms with Crippen LogP contribution in [-0.2, 0) is 4.79 Å². The van der Waals surface area contributed by atoms with Crippen LogP contribution in [-0.4, -0.2) is 41.2 Å². The third-order valence-electron chi connectivity index (χ3n) is 5.60. The predicted molar refractivity (Wildman–Crippen MR) is 89.7 cm³/mol. The van der Waals surface area contributed by atoms with Gasteiger partial charge < -0.3 is 4.57 Å². The second-order valence-corrected chi connectivity index (χ2v) is 12.0. The van der Waals surface area contributed by atoms with Gasteiger partial charge in [-0.1, -0.05) is 34.6 Å². The molecule has 3 amide bonds. The van der Waals surface area contributed by atoms with Crippen molar-refractivity contribution in [2.45, 2.75) is 85.1 Å². The molecular formula is C16H32N2O2Si. The zero-order valence-corrected chi connectivity index (χ0v) is 16.0. The Hall–Kier alpha value is -0.843. The molecule has 1 heterocycles. The van der Waals surface area contributed by atoms with Crippen molar-refractivity contribution in [1.82, 2.24) is 9.47 Å². The van der Waals surface area contributed by atoms with E-state index < -0.39 is 13.8 Å². The molecule has 1 unspecified atom stereocenters. The van der Waals surface area contributed by atoms with Crippen LogP contribution >= 0.6 is 0 Å². The Balaban J connectivity index is 3.52. The summed E-state index contributed by atoms with van der Waals surface area (Å²) in [7, 11) is -1.95. The van der Waals surface area contributed by atoms with Crippen molar-refractivity contribution in [2.24, 2.45) is 5.92 Å². The first kappa shape index (κ1) is 18.2. The van der Waals surface area contributed by atoms with Crippen LogP contribution in [0.15, 0.2) is 0 Å². The van der Waals surface area contributed by atoms with Gasteiger partial charge >= 0.3 is 6.03 Å². The van der Waals surface area contributed by atoms with Crippen molar-refractivity contribution in [3.8, 4) is 0 Å². The smallest absolute Gasteiger partial charge is 0.319 e. The maximum Gasteiger partial charge on any atom is 0.319 e. The van der Waals surface area contributed by atoms with Gasteiger partial charge in [0.05, 0.1) is 0 Å². The van der Waals surface area contributed by atoms with E-state index in [0.29, 0.717) is 0 Å². The lowest BCUT2D eigenvalue weighted by Crippen LogP contribution is -2.64. The van der Waals surface area contributed by atoms with E-state index in [-0.39, 0.29) is 23.9 Å². The van der Waals surface area contributed by atoms with Crippen molar-refractivity contribution in [3.05, 3.63) is 0 Å². The highest BCUT2D eigenvalue weighted by molar-refractivity contribution is 6.79. The fourth-order valence-electron chi connectivity index (χ4n) is 3.61. The molecule has 122 valence electrons. The van der Waals surface area contributed by atoms with Gasteiger partial charge in [0.25, 0.3) is 5.91 Å². The van der Waals surface area contributed by atoms with Gasteiger partial charge in [-0.15, -0.1) is 0 Å². The zero-order valence-electron chi connectivity index (χ0n) is 15.0. The SMILES string of the molecule is CC[Si](CC)(CC)N1C(=O)N(C(C)C)C(=O)C1(C)C(C)C. The number of nitrogens with zero attached hydrogens (tertiary/aromatic N) is 2. The Kier molecular flexibility index (Phi) is 5.30. The summed E-state index contributed by atoms with van der Waals surface area (Å²) in [5.41, 5.74) is -0.685. The van der Waals surface area contributed by atoms with Gasteiger partial charge in [-0.2, -0.15) is 0 Å². The molecule has 21 heavy (non-hydrogen) atoms. The highest BCUT2D eigenvalue weighted by Gasteiger charge is 2.61. The van der Waals surface area contributed by atoms with Crippen LogP contribution in [0.3, 0.4) is 0 Å². The number of carbonyl (C=O) groups excluding carboxylic acids is 2. The number of amides is 3. The van der Waals surface area contributed by atoms with E-state index in [9.17, 15) is 9.59 Å². The summed E-state index contributed by atoms with van der Waals surface area (Å²) < 4.78 is 2.05. The largest absolute Gasteiger partial charge is 0.337 e. The second kappa shape index (κ2) is 6.11. The van der Waals surface area contributed by atoms with Crippen LogP contribution in [0.25, 0.3) is 0 Å². The van der Waals surface area contributed by atoms with E-state index in [2.05, 4.69) is 34.6 Å². The van der Waals surface area contributed by atoms with Crippen LogP contribution in [0, 0.1) is 5.92 Å². The molecule has 0 aromatic heterocycles. The molecule has 0 spiro atoms. The highest BCUT2D eigenvalue weighted by atomic mass is 28.3. The van der Waals surface area contributed by atoms with Gasteiger partial charge in [0.1, 0.15) is 5.54 Å². The predicted octanol–water partition coefficient (Wildman–Crippen LogP) is 4.08. The minimum Gasteiger partial charge on any atom is -0.337 e. The summed E-state index contributed by atoms with van der Waals surface area (Å²) in [6.07, 6.45) is 0. The van der Waals surface area contributed by atoms with Crippen molar-refractivity contribution in [3.63, 3.8) is 0 Å². The van der Waals surface area contributed by atoms with E-state index in [4.69, 9.17) is 0 Å². The normalized spacial score (nSPS) is 23.9. The summed E-state index contributed by atoms with van der Waals surface area (Å²) >= 11 is 0. The van der Waals surface area contributed by atoms with E-state index in [1.165, 1.54) is 4.90 Å². The Morgan fingerprint density at radius 1 is 1.00 bits per heavy atom. The minimum absolute atomic E-state index is 0.00951. The van der Waals surface area contributed by atoms with E-state index in [0.717, 1.165) is 18.1 Å². The van der Waals surface area contributed by atoms with Crippen molar-refractivity contribution >= 4 is 20.2 Å². The molecule has 0 aromatic rings. The molecule has 0 radical (unpaired) electrons. The lowest BCUT2D eigenvalue weighted by atomic mass is 9.88. The molecule has 1 rings (SSSR count). The van der Waals surface area contributed by atoms with E-state index >= 15 is 0 Å². The summed E-state index contributed by atoms with van der Waals surface area (Å²) in [5, 5.41) is 0. The first-order valence-corrected chi connectivity index (χ1v) is 10.9. The standard InChI is InChI=1S/C16H32N2O2Si/c1-9-21(10-2,11-3)18-15(20)17(13(6)7)14(19)16(18,8)12(4)5/h12-13H,9-11H2,1-8H3. The molecule has 0 saturated carbocycles. The summed E-state index contributed by atoms with van der Waals surface area (Å²) in [4.78, 5) is 27.6. The molecule has 1 fully saturated rings. The van der Waals surface area contributed by atoms with Crippen molar-refractivity contribution < 1.29 is 9.59 Å². The molecule has 0 N–H and O–H groups in total. The number of urea groups is 1. The fourth-order valence-corrected chi connectivity index (χ4v) is 7.91.